The highest BCUT2D eigenvalue weighted by Crippen LogP contribution is 2.28. The molecule has 4 heteroatoms. The molecule has 1 aromatic carbocycles. The summed E-state index contributed by atoms with van der Waals surface area (Å²) in [6.07, 6.45) is 7.16. The van der Waals surface area contributed by atoms with Crippen LogP contribution in [0.2, 0.25) is 0 Å². The molecule has 2 atom stereocenters. The Morgan fingerprint density at radius 1 is 1.28 bits per heavy atom. The zero-order chi connectivity index (χ0) is 18.2. The van der Waals surface area contributed by atoms with Crippen LogP contribution in [0.1, 0.15) is 69.1 Å². The van der Waals surface area contributed by atoms with Crippen LogP contribution in [0.15, 0.2) is 23.2 Å². The molecular weight excluding hydrogens is 328 g/mol. The highest BCUT2D eigenvalue weighted by Gasteiger charge is 2.29. The van der Waals surface area contributed by atoms with Crippen molar-refractivity contribution in [2.75, 3.05) is 6.54 Å². The van der Waals surface area contributed by atoms with Crippen molar-refractivity contribution in [1.29, 1.82) is 0 Å². The van der Waals surface area contributed by atoms with Crippen LogP contribution in [-0.2, 0) is 11.2 Å². The normalized spacial score (nSPS) is 17.6. The van der Waals surface area contributed by atoms with Crippen molar-refractivity contribution in [3.05, 3.63) is 34.9 Å². The summed E-state index contributed by atoms with van der Waals surface area (Å²) in [5, 5.41) is 3.08. The Bertz CT molecular complexity index is 612. The van der Waals surface area contributed by atoms with Crippen LogP contribution in [0.3, 0.4) is 0 Å². The standard InChI is InChI=1S/C21H32N2OS/c1-4-6-8-12-22-21(24)18(9-7-5-2)20-17-11-10-15(3)13-16(17)14-19(25)23-20/h10-11,13,18-19,25H,4-9,12,14H2,1-3H3,(H,22,24). The summed E-state index contributed by atoms with van der Waals surface area (Å²) in [5.74, 6) is -0.0461. The first-order chi connectivity index (χ1) is 12.1. The summed E-state index contributed by atoms with van der Waals surface area (Å²) < 4.78 is 0. The minimum Gasteiger partial charge on any atom is -0.356 e. The molecule has 138 valence electrons. The molecule has 25 heavy (non-hydrogen) atoms. The Balaban J connectivity index is 2.22. The smallest absolute Gasteiger partial charge is 0.229 e. The fraction of sp³-hybridized carbons (Fsp3) is 0.619. The number of aliphatic imine (C=N–C) groups is 1. The van der Waals surface area contributed by atoms with Crippen LogP contribution < -0.4 is 5.32 Å². The lowest BCUT2D eigenvalue weighted by molar-refractivity contribution is -0.123. The maximum absolute atomic E-state index is 12.9. The topological polar surface area (TPSA) is 41.5 Å². The number of benzene rings is 1. The van der Waals surface area contributed by atoms with Gasteiger partial charge >= 0.3 is 0 Å². The van der Waals surface area contributed by atoms with Gasteiger partial charge in [-0.05, 0) is 30.9 Å². The van der Waals surface area contributed by atoms with E-state index >= 15 is 0 Å². The van der Waals surface area contributed by atoms with E-state index in [2.05, 4.69) is 56.9 Å². The van der Waals surface area contributed by atoms with E-state index in [1.54, 1.807) is 0 Å². The highest BCUT2D eigenvalue weighted by atomic mass is 32.1. The number of rotatable bonds is 9. The number of hydrogen-bond acceptors (Lipinski definition) is 3. The van der Waals surface area contributed by atoms with E-state index in [0.717, 1.165) is 62.8 Å². The number of unbranched alkanes of at least 4 members (excludes halogenated alkanes) is 3. The van der Waals surface area contributed by atoms with Crippen molar-refractivity contribution < 1.29 is 4.79 Å². The summed E-state index contributed by atoms with van der Waals surface area (Å²) in [6.45, 7) is 7.20. The third-order valence-electron chi connectivity index (χ3n) is 4.80. The highest BCUT2D eigenvalue weighted by molar-refractivity contribution is 7.80. The average molecular weight is 361 g/mol. The second kappa shape index (κ2) is 10.0. The van der Waals surface area contributed by atoms with Gasteiger partial charge in [-0.15, -0.1) is 0 Å². The average Bonchev–Trinajstić information content (AvgIpc) is 2.58. The first-order valence-electron chi connectivity index (χ1n) is 9.70. The Morgan fingerprint density at radius 3 is 2.76 bits per heavy atom. The number of thiol groups is 1. The van der Waals surface area contributed by atoms with Gasteiger partial charge < -0.3 is 5.32 Å². The van der Waals surface area contributed by atoms with Crippen molar-refractivity contribution >= 4 is 24.2 Å². The van der Waals surface area contributed by atoms with E-state index in [1.165, 1.54) is 11.1 Å². The van der Waals surface area contributed by atoms with Crippen LogP contribution in [0.5, 0.6) is 0 Å². The lowest BCUT2D eigenvalue weighted by Gasteiger charge is -2.26. The monoisotopic (exact) mass is 360 g/mol. The molecule has 3 nitrogen and oxygen atoms in total. The van der Waals surface area contributed by atoms with Crippen molar-refractivity contribution in [1.82, 2.24) is 5.32 Å². The molecule has 0 radical (unpaired) electrons. The van der Waals surface area contributed by atoms with Gasteiger partial charge in [0.1, 0.15) is 0 Å². The molecule has 1 amide bonds. The molecule has 1 aliphatic heterocycles. The molecule has 0 saturated heterocycles. The van der Waals surface area contributed by atoms with Gasteiger partial charge in [-0.3, -0.25) is 9.79 Å². The summed E-state index contributed by atoms with van der Waals surface area (Å²) in [7, 11) is 0. The fourth-order valence-electron chi connectivity index (χ4n) is 3.40. The molecule has 0 spiro atoms. The quantitative estimate of drug-likeness (QED) is 0.486. The summed E-state index contributed by atoms with van der Waals surface area (Å²) in [4.78, 5) is 17.7. The van der Waals surface area contributed by atoms with Gasteiger partial charge in [-0.1, -0.05) is 63.3 Å². The zero-order valence-corrected chi connectivity index (χ0v) is 16.7. The van der Waals surface area contributed by atoms with E-state index < -0.39 is 0 Å². The number of nitrogens with zero attached hydrogens (tertiary/aromatic N) is 1. The molecule has 2 rings (SSSR count). The number of nitrogens with one attached hydrogen (secondary N) is 1. The molecule has 1 heterocycles. The zero-order valence-electron chi connectivity index (χ0n) is 15.8. The molecule has 0 bridgehead atoms. The molecule has 0 aliphatic carbocycles. The first-order valence-corrected chi connectivity index (χ1v) is 10.2. The molecule has 2 unspecified atom stereocenters. The molecule has 0 saturated carbocycles. The van der Waals surface area contributed by atoms with Gasteiger partial charge in [0, 0.05) is 13.0 Å². The van der Waals surface area contributed by atoms with Gasteiger partial charge in [0.15, 0.2) is 0 Å². The third-order valence-corrected chi connectivity index (χ3v) is 5.10. The van der Waals surface area contributed by atoms with Crippen molar-refractivity contribution in [3.63, 3.8) is 0 Å². The first kappa shape index (κ1) is 20.0. The lowest BCUT2D eigenvalue weighted by atomic mass is 9.85. The van der Waals surface area contributed by atoms with E-state index in [4.69, 9.17) is 4.99 Å². The number of hydrogen-bond donors (Lipinski definition) is 2. The van der Waals surface area contributed by atoms with Crippen LogP contribution >= 0.6 is 12.6 Å². The molecule has 0 aromatic heterocycles. The number of fused-ring (bicyclic) bond motifs is 1. The Labute approximate surface area is 158 Å². The van der Waals surface area contributed by atoms with Gasteiger partial charge in [0.25, 0.3) is 0 Å². The number of amides is 1. The van der Waals surface area contributed by atoms with Gasteiger partial charge in [-0.25, -0.2) is 0 Å². The SMILES string of the molecule is CCCCCNC(=O)C(CCCC)C1=NC(S)Cc2cc(C)ccc21. The summed E-state index contributed by atoms with van der Waals surface area (Å²) in [6, 6.07) is 6.46. The number of aryl methyl sites for hydroxylation is 1. The second-order valence-corrected chi connectivity index (χ2v) is 7.65. The van der Waals surface area contributed by atoms with Crippen LogP contribution in [-0.4, -0.2) is 23.5 Å². The minimum atomic E-state index is -0.169. The minimum absolute atomic E-state index is 0.0543. The molecule has 1 aromatic rings. The van der Waals surface area contributed by atoms with E-state index in [1.807, 2.05) is 0 Å². The molecule has 1 N–H and O–H groups in total. The van der Waals surface area contributed by atoms with Gasteiger partial charge in [0.05, 0.1) is 17.0 Å². The van der Waals surface area contributed by atoms with Crippen LogP contribution in [0.25, 0.3) is 0 Å². The fourth-order valence-corrected chi connectivity index (χ4v) is 3.72. The largest absolute Gasteiger partial charge is 0.356 e. The third kappa shape index (κ3) is 5.60. The lowest BCUT2D eigenvalue weighted by Crippen LogP contribution is -2.38. The van der Waals surface area contributed by atoms with Crippen LogP contribution in [0, 0.1) is 12.8 Å². The maximum Gasteiger partial charge on any atom is 0.229 e. The maximum atomic E-state index is 12.9. The second-order valence-electron chi connectivity index (χ2n) is 7.05. The van der Waals surface area contributed by atoms with Crippen molar-refractivity contribution in [2.24, 2.45) is 10.9 Å². The number of carbonyl (C=O) groups is 1. The molecule has 1 aliphatic rings. The Kier molecular flexibility index (Phi) is 8.01. The van der Waals surface area contributed by atoms with E-state index in [-0.39, 0.29) is 17.2 Å². The van der Waals surface area contributed by atoms with Crippen LogP contribution in [0.4, 0.5) is 0 Å². The Hall–Kier alpha value is -1.29. The van der Waals surface area contributed by atoms with E-state index in [9.17, 15) is 4.79 Å². The number of carbonyl (C=O) groups excluding carboxylic acids is 1. The van der Waals surface area contributed by atoms with Gasteiger partial charge in [0.2, 0.25) is 5.91 Å². The van der Waals surface area contributed by atoms with Crippen molar-refractivity contribution in [3.8, 4) is 0 Å². The summed E-state index contributed by atoms with van der Waals surface area (Å²) in [5.41, 5.74) is 4.59. The predicted molar refractivity (Wildman–Crippen MR) is 110 cm³/mol. The van der Waals surface area contributed by atoms with Crippen molar-refractivity contribution in [2.45, 2.75) is 71.1 Å². The van der Waals surface area contributed by atoms with E-state index in [0.29, 0.717) is 0 Å². The van der Waals surface area contributed by atoms with Gasteiger partial charge in [-0.2, -0.15) is 12.6 Å². The molecular formula is C21H32N2OS. The summed E-state index contributed by atoms with van der Waals surface area (Å²) >= 11 is 4.61. The predicted octanol–water partition coefficient (Wildman–Crippen LogP) is 4.71. The Morgan fingerprint density at radius 2 is 2.04 bits per heavy atom. The molecule has 0 fully saturated rings.